The molecule has 0 fully saturated rings. The van der Waals surface area contributed by atoms with Gasteiger partial charge in [-0.1, -0.05) is 13.8 Å². The molecule has 0 aromatic carbocycles. The zero-order valence-electron chi connectivity index (χ0n) is 13.3. The number of aromatic nitrogens is 3. The summed E-state index contributed by atoms with van der Waals surface area (Å²) in [6.45, 7) is 8.56. The SMILES string of the molecule is CCOc1nc(NC)nc(NCC(C)(C)CN(C)C)n1. The third-order valence-corrected chi connectivity index (χ3v) is 2.58. The lowest BCUT2D eigenvalue weighted by Gasteiger charge is -2.28. The standard InChI is InChI=1S/C13H26N6O/c1-7-20-12-17-10(14-4)16-11(18-12)15-8-13(2,3)9-19(5)6/h7-9H2,1-6H3,(H2,14,15,16,17,18). The predicted octanol–water partition coefficient (Wildman–Crippen LogP) is 1.31. The van der Waals surface area contributed by atoms with Crippen LogP contribution in [-0.2, 0) is 0 Å². The van der Waals surface area contributed by atoms with Crippen molar-refractivity contribution in [1.82, 2.24) is 19.9 Å². The van der Waals surface area contributed by atoms with Crippen LogP contribution >= 0.6 is 0 Å². The Bertz CT molecular complexity index is 421. The molecular formula is C13H26N6O. The molecule has 0 atom stereocenters. The highest BCUT2D eigenvalue weighted by molar-refractivity contribution is 5.35. The smallest absolute Gasteiger partial charge is 0.323 e. The van der Waals surface area contributed by atoms with Gasteiger partial charge in [-0.2, -0.15) is 15.0 Å². The fourth-order valence-electron chi connectivity index (χ4n) is 1.97. The molecule has 7 nitrogen and oxygen atoms in total. The number of hydrogen-bond acceptors (Lipinski definition) is 7. The van der Waals surface area contributed by atoms with Crippen LogP contribution in [0.25, 0.3) is 0 Å². The van der Waals surface area contributed by atoms with E-state index in [9.17, 15) is 0 Å². The molecule has 0 amide bonds. The molecule has 0 spiro atoms. The maximum Gasteiger partial charge on any atom is 0.323 e. The Hall–Kier alpha value is -1.63. The molecule has 0 saturated carbocycles. The first kappa shape index (κ1) is 16.4. The first-order valence-electron chi connectivity index (χ1n) is 6.81. The average molecular weight is 282 g/mol. The summed E-state index contributed by atoms with van der Waals surface area (Å²) >= 11 is 0. The van der Waals surface area contributed by atoms with Crippen LogP contribution in [0.15, 0.2) is 0 Å². The van der Waals surface area contributed by atoms with Gasteiger partial charge in [-0.25, -0.2) is 0 Å². The van der Waals surface area contributed by atoms with E-state index in [0.717, 1.165) is 13.1 Å². The Labute approximate surface area is 121 Å². The zero-order chi connectivity index (χ0) is 15.2. The molecule has 0 aliphatic rings. The van der Waals surface area contributed by atoms with Gasteiger partial charge in [0.2, 0.25) is 11.9 Å². The highest BCUT2D eigenvalue weighted by Gasteiger charge is 2.19. The van der Waals surface area contributed by atoms with E-state index in [2.05, 4.69) is 58.4 Å². The second-order valence-corrected chi connectivity index (χ2v) is 5.70. The third-order valence-electron chi connectivity index (χ3n) is 2.58. The molecule has 1 aromatic heterocycles. The molecule has 2 N–H and O–H groups in total. The Kier molecular flexibility index (Phi) is 5.94. The number of rotatable bonds is 8. The maximum absolute atomic E-state index is 5.34. The monoisotopic (exact) mass is 282 g/mol. The van der Waals surface area contributed by atoms with Gasteiger partial charge < -0.3 is 20.3 Å². The molecule has 114 valence electrons. The van der Waals surface area contributed by atoms with Crippen LogP contribution in [0.1, 0.15) is 20.8 Å². The minimum atomic E-state index is 0.113. The van der Waals surface area contributed by atoms with Gasteiger partial charge in [0.25, 0.3) is 0 Å². The third kappa shape index (κ3) is 5.56. The van der Waals surface area contributed by atoms with Crippen molar-refractivity contribution in [2.45, 2.75) is 20.8 Å². The number of nitrogens with zero attached hydrogens (tertiary/aromatic N) is 4. The summed E-state index contributed by atoms with van der Waals surface area (Å²) in [6.07, 6.45) is 0. The fourth-order valence-corrected chi connectivity index (χ4v) is 1.97. The van der Waals surface area contributed by atoms with Crippen molar-refractivity contribution >= 4 is 11.9 Å². The molecule has 0 saturated heterocycles. The van der Waals surface area contributed by atoms with Crippen LogP contribution in [-0.4, -0.2) is 60.7 Å². The van der Waals surface area contributed by atoms with E-state index < -0.39 is 0 Å². The van der Waals surface area contributed by atoms with Crippen molar-refractivity contribution < 1.29 is 4.74 Å². The van der Waals surface area contributed by atoms with Gasteiger partial charge in [0.1, 0.15) is 0 Å². The summed E-state index contributed by atoms with van der Waals surface area (Å²) in [6, 6.07) is 0.333. The van der Waals surface area contributed by atoms with Gasteiger partial charge in [-0.15, -0.1) is 0 Å². The Morgan fingerprint density at radius 1 is 1.15 bits per heavy atom. The highest BCUT2D eigenvalue weighted by Crippen LogP contribution is 2.17. The summed E-state index contributed by atoms with van der Waals surface area (Å²) in [4.78, 5) is 14.8. The van der Waals surface area contributed by atoms with Crippen molar-refractivity contribution in [2.24, 2.45) is 5.41 Å². The van der Waals surface area contributed by atoms with Crippen molar-refractivity contribution in [1.29, 1.82) is 0 Å². The first-order chi connectivity index (χ1) is 9.36. The van der Waals surface area contributed by atoms with Gasteiger partial charge in [0.05, 0.1) is 6.61 Å². The quantitative estimate of drug-likeness (QED) is 0.744. The lowest BCUT2D eigenvalue weighted by Crippen LogP contribution is -2.34. The number of nitrogens with one attached hydrogen (secondary N) is 2. The van der Waals surface area contributed by atoms with Gasteiger partial charge in [-0.05, 0) is 26.4 Å². The molecule has 20 heavy (non-hydrogen) atoms. The average Bonchev–Trinajstić information content (AvgIpc) is 2.35. The van der Waals surface area contributed by atoms with Gasteiger partial charge in [-0.3, -0.25) is 0 Å². The predicted molar refractivity (Wildman–Crippen MR) is 81.4 cm³/mol. The van der Waals surface area contributed by atoms with Crippen LogP contribution < -0.4 is 15.4 Å². The molecule has 7 heteroatoms. The summed E-state index contributed by atoms with van der Waals surface area (Å²) in [5, 5.41) is 6.16. The molecule has 0 aliphatic heterocycles. The van der Waals surface area contributed by atoms with Gasteiger partial charge in [0, 0.05) is 20.1 Å². The van der Waals surface area contributed by atoms with Crippen molar-refractivity contribution in [3.8, 4) is 6.01 Å². The molecule has 0 unspecified atom stereocenters. The van der Waals surface area contributed by atoms with Gasteiger partial charge in [0.15, 0.2) is 0 Å². The van der Waals surface area contributed by atoms with E-state index in [-0.39, 0.29) is 5.41 Å². The van der Waals surface area contributed by atoms with Crippen LogP contribution in [0.2, 0.25) is 0 Å². The van der Waals surface area contributed by atoms with Crippen LogP contribution in [0.4, 0.5) is 11.9 Å². The largest absolute Gasteiger partial charge is 0.464 e. The topological polar surface area (TPSA) is 75.2 Å². The summed E-state index contributed by atoms with van der Waals surface area (Å²) in [5.41, 5.74) is 0.113. The lowest BCUT2D eigenvalue weighted by atomic mass is 9.93. The minimum absolute atomic E-state index is 0.113. The van der Waals surface area contributed by atoms with Crippen molar-refractivity contribution in [3.05, 3.63) is 0 Å². The molecule has 0 bridgehead atoms. The summed E-state index contributed by atoms with van der Waals surface area (Å²) < 4.78 is 5.34. The number of hydrogen-bond donors (Lipinski definition) is 2. The van der Waals surface area contributed by atoms with E-state index >= 15 is 0 Å². The molecule has 0 aliphatic carbocycles. The van der Waals surface area contributed by atoms with Gasteiger partial charge >= 0.3 is 6.01 Å². The highest BCUT2D eigenvalue weighted by atomic mass is 16.5. The van der Waals surface area contributed by atoms with Crippen molar-refractivity contribution in [2.75, 3.05) is 51.5 Å². The second-order valence-electron chi connectivity index (χ2n) is 5.70. The Morgan fingerprint density at radius 2 is 1.80 bits per heavy atom. The lowest BCUT2D eigenvalue weighted by molar-refractivity contribution is 0.253. The number of ether oxygens (including phenoxy) is 1. The molecule has 1 rings (SSSR count). The van der Waals surface area contributed by atoms with E-state index in [0.29, 0.717) is 24.5 Å². The van der Waals surface area contributed by atoms with E-state index in [4.69, 9.17) is 4.74 Å². The Balaban J connectivity index is 2.73. The van der Waals surface area contributed by atoms with Crippen LogP contribution in [0.5, 0.6) is 6.01 Å². The minimum Gasteiger partial charge on any atom is -0.464 e. The number of anilines is 2. The summed E-state index contributed by atoms with van der Waals surface area (Å²) in [5.74, 6) is 1.02. The van der Waals surface area contributed by atoms with Crippen molar-refractivity contribution in [3.63, 3.8) is 0 Å². The first-order valence-corrected chi connectivity index (χ1v) is 6.81. The second kappa shape index (κ2) is 7.23. The fraction of sp³-hybridized carbons (Fsp3) is 0.769. The molecular weight excluding hydrogens is 256 g/mol. The normalized spacial score (nSPS) is 11.6. The maximum atomic E-state index is 5.34. The van der Waals surface area contributed by atoms with Crippen LogP contribution in [0.3, 0.4) is 0 Å². The van der Waals surface area contributed by atoms with E-state index in [1.165, 1.54) is 0 Å². The zero-order valence-corrected chi connectivity index (χ0v) is 13.3. The molecule has 1 heterocycles. The molecule has 1 aromatic rings. The van der Waals surface area contributed by atoms with E-state index in [1.54, 1.807) is 7.05 Å². The molecule has 0 radical (unpaired) electrons. The van der Waals surface area contributed by atoms with E-state index in [1.807, 2.05) is 6.92 Å². The Morgan fingerprint density at radius 3 is 2.35 bits per heavy atom. The van der Waals surface area contributed by atoms with Crippen LogP contribution in [0, 0.1) is 5.41 Å². The summed E-state index contributed by atoms with van der Waals surface area (Å²) in [7, 11) is 5.90.